The zero-order valence-electron chi connectivity index (χ0n) is 10.7. The van der Waals surface area contributed by atoms with Crippen LogP contribution >= 0.6 is 0 Å². The third kappa shape index (κ3) is 2.88. The molecule has 3 atom stereocenters. The molecule has 0 radical (unpaired) electrons. The third-order valence-corrected chi connectivity index (χ3v) is 3.87. The van der Waals surface area contributed by atoms with Gasteiger partial charge in [-0.1, -0.05) is 6.92 Å². The topological polar surface area (TPSA) is 12.5 Å². The van der Waals surface area contributed by atoms with Crippen LogP contribution in [0.4, 0.5) is 13.2 Å². The van der Waals surface area contributed by atoms with Crippen molar-refractivity contribution in [1.29, 1.82) is 0 Å². The first-order valence-corrected chi connectivity index (χ1v) is 6.55. The zero-order chi connectivity index (χ0) is 13.2. The maximum absolute atomic E-state index is 13.5. The second-order valence-electron chi connectivity index (χ2n) is 5.40. The number of fused-ring (bicyclic) bond motifs is 1. The monoisotopic (exact) mass is 263 g/mol. The summed E-state index contributed by atoms with van der Waals surface area (Å²) >= 11 is 0. The highest BCUT2D eigenvalue weighted by Crippen LogP contribution is 2.43. The van der Waals surface area contributed by atoms with E-state index in [4.69, 9.17) is 4.74 Å². The van der Waals surface area contributed by atoms with Gasteiger partial charge in [0, 0.05) is 31.7 Å². The Labute approximate surface area is 106 Å². The lowest BCUT2D eigenvalue weighted by atomic mass is 9.90. The molecule has 2 rings (SSSR count). The molecule has 0 aromatic carbocycles. The number of hydrogen-bond donors (Lipinski definition) is 0. The summed E-state index contributed by atoms with van der Waals surface area (Å²) in [5.74, 6) is -0.173. The quantitative estimate of drug-likeness (QED) is 0.707. The number of halogens is 3. The Hall–Kier alpha value is -0.550. The van der Waals surface area contributed by atoms with Crippen LogP contribution in [0.5, 0.6) is 0 Å². The minimum atomic E-state index is -1.64. The van der Waals surface area contributed by atoms with Crippen molar-refractivity contribution in [2.45, 2.75) is 37.9 Å². The molecule has 0 aromatic rings. The number of alkyl halides is 1. The Kier molecular flexibility index (Phi) is 4.33. The van der Waals surface area contributed by atoms with Crippen molar-refractivity contribution in [2.75, 3.05) is 26.3 Å². The lowest BCUT2D eigenvalue weighted by Crippen LogP contribution is -2.42. The maximum Gasteiger partial charge on any atom is 0.266 e. The van der Waals surface area contributed by atoms with Crippen LogP contribution in [0, 0.1) is 5.92 Å². The average molecular weight is 263 g/mol. The van der Waals surface area contributed by atoms with Crippen LogP contribution in [0.3, 0.4) is 0 Å². The molecule has 18 heavy (non-hydrogen) atoms. The molecule has 0 spiro atoms. The van der Waals surface area contributed by atoms with Gasteiger partial charge >= 0.3 is 0 Å². The fraction of sp³-hybridized carbons (Fsp3) is 0.846. The minimum Gasteiger partial charge on any atom is -0.380 e. The van der Waals surface area contributed by atoms with Crippen molar-refractivity contribution in [1.82, 2.24) is 4.90 Å². The normalized spacial score (nSPS) is 35.8. The Balaban J connectivity index is 2.01. The van der Waals surface area contributed by atoms with E-state index in [1.54, 1.807) is 0 Å². The van der Waals surface area contributed by atoms with E-state index in [9.17, 15) is 13.2 Å². The second kappa shape index (κ2) is 5.61. The van der Waals surface area contributed by atoms with Crippen molar-refractivity contribution < 1.29 is 17.9 Å². The van der Waals surface area contributed by atoms with Crippen molar-refractivity contribution >= 4 is 0 Å². The first-order chi connectivity index (χ1) is 8.55. The van der Waals surface area contributed by atoms with E-state index in [1.165, 1.54) is 0 Å². The van der Waals surface area contributed by atoms with Gasteiger partial charge in [-0.3, -0.25) is 4.90 Å². The van der Waals surface area contributed by atoms with Gasteiger partial charge in [-0.15, -0.1) is 0 Å². The van der Waals surface area contributed by atoms with Gasteiger partial charge in [0.15, 0.2) is 0 Å². The molecule has 2 nitrogen and oxygen atoms in total. The van der Waals surface area contributed by atoms with Gasteiger partial charge in [0.2, 0.25) is 0 Å². The van der Waals surface area contributed by atoms with Crippen LogP contribution in [0.2, 0.25) is 0 Å². The van der Waals surface area contributed by atoms with Gasteiger partial charge in [-0.25, -0.2) is 4.39 Å². The second-order valence-corrected chi connectivity index (χ2v) is 5.40. The number of ether oxygens (including phenoxy) is 1. The van der Waals surface area contributed by atoms with E-state index >= 15 is 0 Å². The summed E-state index contributed by atoms with van der Waals surface area (Å²) in [4.78, 5) is 2.00. The highest BCUT2D eigenvalue weighted by Gasteiger charge is 2.51. The standard InChI is InChI=1S/C13H20F3NO/c1-2-3-18-9-13-5-10(4-12(15)16)7-17(13)8-11(14)6-13/h4,10-11H,2-3,5-9H2,1H3/t10-,11+,13-/m0/s1. The zero-order valence-corrected chi connectivity index (χ0v) is 10.7. The molecule has 104 valence electrons. The molecule has 0 N–H and O–H groups in total. The van der Waals surface area contributed by atoms with Gasteiger partial charge < -0.3 is 4.74 Å². The van der Waals surface area contributed by atoms with Gasteiger partial charge in [-0.2, -0.15) is 8.78 Å². The van der Waals surface area contributed by atoms with Crippen LogP contribution in [0.25, 0.3) is 0 Å². The van der Waals surface area contributed by atoms with Crippen LogP contribution in [0.15, 0.2) is 12.2 Å². The summed E-state index contributed by atoms with van der Waals surface area (Å²) in [5, 5.41) is 0. The smallest absolute Gasteiger partial charge is 0.266 e. The predicted octanol–water partition coefficient (Wildman–Crippen LogP) is 3.00. The van der Waals surface area contributed by atoms with E-state index < -0.39 is 12.3 Å². The Bertz CT molecular complexity index is 319. The first kappa shape index (κ1) is 13.9. The fourth-order valence-electron chi connectivity index (χ4n) is 3.26. The molecule has 0 amide bonds. The van der Waals surface area contributed by atoms with Crippen molar-refractivity contribution in [3.8, 4) is 0 Å². The van der Waals surface area contributed by atoms with Gasteiger partial charge in [0.1, 0.15) is 6.17 Å². The van der Waals surface area contributed by atoms with E-state index in [1.807, 2.05) is 11.8 Å². The maximum atomic E-state index is 13.5. The predicted molar refractivity (Wildman–Crippen MR) is 63.3 cm³/mol. The Morgan fingerprint density at radius 1 is 1.39 bits per heavy atom. The van der Waals surface area contributed by atoms with Crippen LogP contribution < -0.4 is 0 Å². The molecule has 5 heteroatoms. The Morgan fingerprint density at radius 2 is 2.17 bits per heavy atom. The SMILES string of the molecule is CCCOC[C@]12C[C@@H](F)CN1C[C@@H](C=C(F)F)C2. The lowest BCUT2D eigenvalue weighted by molar-refractivity contribution is 0.0352. The van der Waals surface area contributed by atoms with E-state index in [2.05, 4.69) is 0 Å². The molecule has 0 aromatic heterocycles. The lowest BCUT2D eigenvalue weighted by Gasteiger charge is -2.31. The first-order valence-electron chi connectivity index (χ1n) is 6.55. The molecule has 0 aliphatic carbocycles. The van der Waals surface area contributed by atoms with Crippen LogP contribution in [-0.4, -0.2) is 42.9 Å². The summed E-state index contributed by atoms with van der Waals surface area (Å²) in [7, 11) is 0. The molecule has 2 aliphatic heterocycles. The average Bonchev–Trinajstić information content (AvgIpc) is 2.69. The number of rotatable bonds is 5. The molecule has 2 saturated heterocycles. The van der Waals surface area contributed by atoms with Crippen LogP contribution in [0.1, 0.15) is 26.2 Å². The highest BCUT2D eigenvalue weighted by atomic mass is 19.3. The molecule has 2 fully saturated rings. The molecule has 0 unspecified atom stereocenters. The molecular formula is C13H20F3NO. The van der Waals surface area contributed by atoms with Crippen molar-refractivity contribution in [3.63, 3.8) is 0 Å². The molecule has 0 saturated carbocycles. The van der Waals surface area contributed by atoms with Crippen molar-refractivity contribution in [3.05, 3.63) is 12.2 Å². The summed E-state index contributed by atoms with van der Waals surface area (Å²) in [6.45, 7) is 3.99. The van der Waals surface area contributed by atoms with Gasteiger partial charge in [0.25, 0.3) is 6.08 Å². The number of nitrogens with zero attached hydrogens (tertiary/aromatic N) is 1. The largest absolute Gasteiger partial charge is 0.380 e. The van der Waals surface area contributed by atoms with Crippen molar-refractivity contribution in [2.24, 2.45) is 5.92 Å². The summed E-state index contributed by atoms with van der Waals surface area (Å²) < 4.78 is 43.7. The molecule has 2 heterocycles. The van der Waals surface area contributed by atoms with E-state index in [-0.39, 0.29) is 11.5 Å². The van der Waals surface area contributed by atoms with E-state index in [0.29, 0.717) is 39.1 Å². The number of hydrogen-bond acceptors (Lipinski definition) is 2. The summed E-state index contributed by atoms with van der Waals surface area (Å²) in [6.07, 6.45) is 0.423. The third-order valence-electron chi connectivity index (χ3n) is 3.87. The molecule has 0 bridgehead atoms. The van der Waals surface area contributed by atoms with Gasteiger partial charge in [-0.05, 0) is 24.8 Å². The minimum absolute atomic E-state index is 0.173. The van der Waals surface area contributed by atoms with E-state index in [0.717, 1.165) is 12.5 Å². The van der Waals surface area contributed by atoms with Crippen LogP contribution in [-0.2, 0) is 4.74 Å². The summed E-state index contributed by atoms with van der Waals surface area (Å²) in [5.41, 5.74) is -0.356. The molecule has 2 aliphatic rings. The fourth-order valence-corrected chi connectivity index (χ4v) is 3.26. The van der Waals surface area contributed by atoms with Gasteiger partial charge in [0.05, 0.1) is 6.61 Å². The Morgan fingerprint density at radius 3 is 2.83 bits per heavy atom. The highest BCUT2D eigenvalue weighted by molar-refractivity contribution is 5.10. The molecular weight excluding hydrogens is 243 g/mol. The summed E-state index contributed by atoms with van der Waals surface area (Å²) in [6, 6.07) is 0.